The number of nitrogens with one attached hydrogen (secondary N) is 2. The number of aryl methyl sites for hydroxylation is 1. The summed E-state index contributed by atoms with van der Waals surface area (Å²) >= 11 is 0. The van der Waals surface area contributed by atoms with Gasteiger partial charge < -0.3 is 24.7 Å². The van der Waals surface area contributed by atoms with Gasteiger partial charge in [-0.2, -0.15) is 4.98 Å². The van der Waals surface area contributed by atoms with Crippen molar-refractivity contribution < 1.29 is 18.8 Å². The van der Waals surface area contributed by atoms with Gasteiger partial charge in [-0.15, -0.1) is 0 Å². The molecule has 8 heteroatoms. The normalized spacial score (nSPS) is 13.2. The summed E-state index contributed by atoms with van der Waals surface area (Å²) < 4.78 is 10.1. The number of carbonyl (C=O) groups is 1. The number of amides is 2. The first-order valence-corrected chi connectivity index (χ1v) is 7.66. The minimum Gasteiger partial charge on any atom is -0.466 e. The van der Waals surface area contributed by atoms with E-state index in [1.165, 1.54) is 6.26 Å². The molecule has 0 saturated heterocycles. The molecule has 1 atom stereocenters. The number of nitrogens with zero attached hydrogens (tertiary/aromatic N) is 2. The first kappa shape index (κ1) is 16.7. The number of hydrogen-bond donors (Lipinski definition) is 3. The molecule has 1 aromatic carbocycles. The first-order valence-electron chi connectivity index (χ1n) is 7.66. The highest BCUT2D eigenvalue weighted by Crippen LogP contribution is 2.21. The van der Waals surface area contributed by atoms with Crippen molar-refractivity contribution in [1.82, 2.24) is 15.5 Å². The summed E-state index contributed by atoms with van der Waals surface area (Å²) in [5.74, 6) is 1.29. The zero-order valence-electron chi connectivity index (χ0n) is 13.8. The molecule has 1 unspecified atom stereocenters. The van der Waals surface area contributed by atoms with E-state index in [1.54, 1.807) is 44.2 Å². The lowest BCUT2D eigenvalue weighted by atomic mass is 10.0. The molecule has 0 aliphatic carbocycles. The van der Waals surface area contributed by atoms with Gasteiger partial charge in [0, 0.05) is 18.2 Å². The van der Waals surface area contributed by atoms with Crippen LogP contribution in [0.15, 0.2) is 51.6 Å². The second-order valence-corrected chi connectivity index (χ2v) is 5.78. The third kappa shape index (κ3) is 4.04. The van der Waals surface area contributed by atoms with Gasteiger partial charge in [0.05, 0.1) is 12.8 Å². The highest BCUT2D eigenvalue weighted by Gasteiger charge is 2.26. The SMILES string of the molecule is Cc1nc(-c2cccc(NC(=O)NCC(C)(O)c3ccco3)c2)no1. The zero-order chi connectivity index (χ0) is 17.9. The van der Waals surface area contributed by atoms with E-state index < -0.39 is 11.6 Å². The van der Waals surface area contributed by atoms with E-state index in [0.717, 1.165) is 5.56 Å². The van der Waals surface area contributed by atoms with Gasteiger partial charge >= 0.3 is 6.03 Å². The smallest absolute Gasteiger partial charge is 0.319 e. The third-order valence-corrected chi connectivity index (χ3v) is 3.55. The largest absolute Gasteiger partial charge is 0.466 e. The Bertz CT molecular complexity index is 855. The van der Waals surface area contributed by atoms with E-state index in [-0.39, 0.29) is 6.54 Å². The molecule has 0 aliphatic heterocycles. The number of aliphatic hydroxyl groups is 1. The third-order valence-electron chi connectivity index (χ3n) is 3.55. The molecule has 2 amide bonds. The second kappa shape index (κ2) is 6.78. The average Bonchev–Trinajstić information content (AvgIpc) is 3.25. The van der Waals surface area contributed by atoms with Crippen LogP contribution in [0.1, 0.15) is 18.6 Å². The van der Waals surface area contributed by atoms with Gasteiger partial charge in [0.25, 0.3) is 0 Å². The lowest BCUT2D eigenvalue weighted by molar-refractivity contribution is 0.0372. The number of urea groups is 1. The van der Waals surface area contributed by atoms with E-state index in [1.807, 2.05) is 6.07 Å². The van der Waals surface area contributed by atoms with Crippen LogP contribution >= 0.6 is 0 Å². The van der Waals surface area contributed by atoms with Gasteiger partial charge in [-0.1, -0.05) is 17.3 Å². The first-order chi connectivity index (χ1) is 11.9. The Labute approximate surface area is 143 Å². The van der Waals surface area contributed by atoms with Gasteiger partial charge in [0.1, 0.15) is 11.4 Å². The highest BCUT2D eigenvalue weighted by atomic mass is 16.5. The minimum atomic E-state index is -1.30. The Morgan fingerprint density at radius 1 is 1.32 bits per heavy atom. The van der Waals surface area contributed by atoms with Crippen LogP contribution in [0.25, 0.3) is 11.4 Å². The van der Waals surface area contributed by atoms with Crippen molar-refractivity contribution in [2.45, 2.75) is 19.4 Å². The molecule has 25 heavy (non-hydrogen) atoms. The fraction of sp³-hybridized carbons (Fsp3) is 0.235. The van der Waals surface area contributed by atoms with Crippen molar-refractivity contribution >= 4 is 11.7 Å². The minimum absolute atomic E-state index is 0.00390. The topological polar surface area (TPSA) is 113 Å². The molecule has 0 bridgehead atoms. The van der Waals surface area contributed by atoms with Gasteiger partial charge in [-0.05, 0) is 31.2 Å². The molecule has 8 nitrogen and oxygen atoms in total. The molecule has 0 radical (unpaired) electrons. The van der Waals surface area contributed by atoms with E-state index in [9.17, 15) is 9.90 Å². The number of benzene rings is 1. The lowest BCUT2D eigenvalue weighted by Gasteiger charge is -2.21. The molecule has 3 rings (SSSR count). The predicted molar refractivity (Wildman–Crippen MR) is 89.8 cm³/mol. The van der Waals surface area contributed by atoms with Gasteiger partial charge in [0.2, 0.25) is 11.7 Å². The Morgan fingerprint density at radius 3 is 2.84 bits per heavy atom. The molecule has 3 aromatic rings. The summed E-state index contributed by atoms with van der Waals surface area (Å²) in [6, 6.07) is 9.93. The summed E-state index contributed by atoms with van der Waals surface area (Å²) in [7, 11) is 0. The molecule has 3 N–H and O–H groups in total. The molecule has 0 fully saturated rings. The van der Waals surface area contributed by atoms with Crippen molar-refractivity contribution in [3.8, 4) is 11.4 Å². The van der Waals surface area contributed by atoms with E-state index >= 15 is 0 Å². The Balaban J connectivity index is 1.61. The molecule has 2 heterocycles. The van der Waals surface area contributed by atoms with Crippen LogP contribution in [0.4, 0.5) is 10.5 Å². The Kier molecular flexibility index (Phi) is 4.53. The maximum Gasteiger partial charge on any atom is 0.319 e. The second-order valence-electron chi connectivity index (χ2n) is 5.78. The summed E-state index contributed by atoms with van der Waals surface area (Å²) in [6.07, 6.45) is 1.47. The Morgan fingerprint density at radius 2 is 2.16 bits per heavy atom. The van der Waals surface area contributed by atoms with Crippen LogP contribution in [-0.4, -0.2) is 27.8 Å². The fourth-order valence-electron chi connectivity index (χ4n) is 2.25. The van der Waals surface area contributed by atoms with Crippen molar-refractivity contribution in [3.63, 3.8) is 0 Å². The quantitative estimate of drug-likeness (QED) is 0.657. The van der Waals surface area contributed by atoms with E-state index in [2.05, 4.69) is 20.8 Å². The molecule has 130 valence electrons. The van der Waals surface area contributed by atoms with Crippen molar-refractivity contribution in [2.24, 2.45) is 0 Å². The van der Waals surface area contributed by atoms with Crippen LogP contribution < -0.4 is 10.6 Å². The molecule has 0 saturated carbocycles. The summed E-state index contributed by atoms with van der Waals surface area (Å²) in [5.41, 5.74) is -0.0162. The molecular formula is C17H18N4O4. The van der Waals surface area contributed by atoms with Crippen molar-refractivity contribution in [2.75, 3.05) is 11.9 Å². The highest BCUT2D eigenvalue weighted by molar-refractivity contribution is 5.90. The van der Waals surface area contributed by atoms with E-state index in [4.69, 9.17) is 8.94 Å². The summed E-state index contributed by atoms with van der Waals surface area (Å²) in [5, 5.41) is 19.5. The maximum absolute atomic E-state index is 12.1. The maximum atomic E-state index is 12.1. The fourth-order valence-corrected chi connectivity index (χ4v) is 2.25. The number of carbonyl (C=O) groups excluding carboxylic acids is 1. The van der Waals surface area contributed by atoms with Crippen LogP contribution in [0.2, 0.25) is 0 Å². The monoisotopic (exact) mass is 342 g/mol. The number of furan rings is 1. The van der Waals surface area contributed by atoms with Crippen LogP contribution in [0, 0.1) is 6.92 Å². The standard InChI is InChI=1S/C17H18N4O4/c1-11-19-15(21-25-11)12-5-3-6-13(9-12)20-16(22)18-10-17(2,23)14-7-4-8-24-14/h3-9,23H,10H2,1-2H3,(H2,18,20,22). The van der Waals surface area contributed by atoms with Gasteiger partial charge in [-0.25, -0.2) is 4.79 Å². The van der Waals surface area contributed by atoms with Crippen LogP contribution in [0.5, 0.6) is 0 Å². The van der Waals surface area contributed by atoms with Gasteiger partial charge in [0.15, 0.2) is 0 Å². The summed E-state index contributed by atoms with van der Waals surface area (Å²) in [6.45, 7) is 3.26. The Hall–Kier alpha value is -3.13. The molecule has 2 aromatic heterocycles. The molecule has 0 spiro atoms. The number of rotatable bonds is 5. The number of anilines is 1. The number of hydrogen-bond acceptors (Lipinski definition) is 6. The summed E-state index contributed by atoms with van der Waals surface area (Å²) in [4.78, 5) is 16.2. The van der Waals surface area contributed by atoms with Gasteiger partial charge in [-0.3, -0.25) is 0 Å². The van der Waals surface area contributed by atoms with E-state index in [0.29, 0.717) is 23.2 Å². The van der Waals surface area contributed by atoms with Crippen LogP contribution in [0.3, 0.4) is 0 Å². The predicted octanol–water partition coefficient (Wildman–Crippen LogP) is 2.67. The van der Waals surface area contributed by atoms with Crippen molar-refractivity contribution in [1.29, 1.82) is 0 Å². The molecule has 0 aliphatic rings. The molecular weight excluding hydrogens is 324 g/mol. The number of aromatic nitrogens is 2. The zero-order valence-corrected chi connectivity index (χ0v) is 13.8. The van der Waals surface area contributed by atoms with Crippen molar-refractivity contribution in [3.05, 3.63) is 54.3 Å². The lowest BCUT2D eigenvalue weighted by Crippen LogP contribution is -2.40. The van der Waals surface area contributed by atoms with Crippen LogP contribution in [-0.2, 0) is 5.60 Å². The average molecular weight is 342 g/mol.